The van der Waals surface area contributed by atoms with Crippen molar-refractivity contribution in [1.29, 1.82) is 0 Å². The van der Waals surface area contributed by atoms with E-state index in [9.17, 15) is 22.8 Å². The van der Waals surface area contributed by atoms with Crippen molar-refractivity contribution >= 4 is 56.0 Å². The molecule has 0 saturated carbocycles. The van der Waals surface area contributed by atoms with Crippen LogP contribution in [0.2, 0.25) is 5.02 Å². The minimum Gasteiger partial charge on any atom is -0.491 e. The highest BCUT2D eigenvalue weighted by molar-refractivity contribution is 7.89. The standard InChI is InChI=1S/C27H31ClN4O8S/c1-27(2,13-22(34)35)12-21(33)30-20-11-16(28)10-19-23(20)31-24(26(29)36)25(19)41(37,38)32-8-9-39-18(14-32)15-40-17-6-4-3-5-7-17/h3-7,10-11,18,31H,8-9,12-15H2,1-2H3,(H2,29,36)(H,30,33)(H,34,35). The number of nitrogens with one attached hydrogen (secondary N) is 2. The molecule has 1 aliphatic rings. The Morgan fingerprint density at radius 2 is 1.93 bits per heavy atom. The third kappa shape index (κ3) is 7.17. The number of nitrogens with two attached hydrogens (primary N) is 1. The van der Waals surface area contributed by atoms with Gasteiger partial charge in [0.1, 0.15) is 29.0 Å². The number of carboxylic acids is 1. The fraction of sp³-hybridized carbons (Fsp3) is 0.370. The first-order valence-corrected chi connectivity index (χ1v) is 14.5. The second kappa shape index (κ2) is 12.1. The van der Waals surface area contributed by atoms with Crippen LogP contribution in [0.1, 0.15) is 37.2 Å². The Morgan fingerprint density at radius 1 is 1.22 bits per heavy atom. The normalized spacial score (nSPS) is 16.4. The molecule has 12 nitrogen and oxygen atoms in total. The van der Waals surface area contributed by atoms with Crippen molar-refractivity contribution in [3.8, 4) is 5.75 Å². The molecule has 14 heteroatoms. The number of ether oxygens (including phenoxy) is 2. The van der Waals surface area contributed by atoms with Crippen molar-refractivity contribution in [1.82, 2.24) is 9.29 Å². The van der Waals surface area contributed by atoms with E-state index >= 15 is 0 Å². The zero-order chi connectivity index (χ0) is 29.9. The van der Waals surface area contributed by atoms with Gasteiger partial charge in [-0.3, -0.25) is 14.4 Å². The second-order valence-corrected chi connectivity index (χ2v) is 12.8. The highest BCUT2D eigenvalue weighted by Gasteiger charge is 2.37. The third-order valence-corrected chi connectivity index (χ3v) is 8.66. The van der Waals surface area contributed by atoms with Gasteiger partial charge in [-0.1, -0.05) is 43.6 Å². The molecule has 1 aromatic heterocycles. The first-order chi connectivity index (χ1) is 19.3. The van der Waals surface area contributed by atoms with E-state index in [2.05, 4.69) is 10.3 Å². The van der Waals surface area contributed by atoms with Crippen molar-refractivity contribution < 1.29 is 37.4 Å². The number of carbonyl (C=O) groups is 3. The molecule has 2 aromatic carbocycles. The molecule has 1 atom stereocenters. The number of sulfonamides is 1. The van der Waals surface area contributed by atoms with Crippen molar-refractivity contribution in [3.05, 3.63) is 53.2 Å². The van der Waals surface area contributed by atoms with Crippen LogP contribution in [0.3, 0.4) is 0 Å². The summed E-state index contributed by atoms with van der Waals surface area (Å²) in [5.41, 5.74) is 4.61. The average molecular weight is 607 g/mol. The van der Waals surface area contributed by atoms with Crippen LogP contribution in [0.15, 0.2) is 47.4 Å². The number of anilines is 1. The van der Waals surface area contributed by atoms with Gasteiger partial charge in [-0.2, -0.15) is 4.31 Å². The van der Waals surface area contributed by atoms with Gasteiger partial charge < -0.3 is 30.6 Å². The van der Waals surface area contributed by atoms with Gasteiger partial charge in [0.2, 0.25) is 15.9 Å². The monoisotopic (exact) mass is 606 g/mol. The lowest BCUT2D eigenvalue weighted by Gasteiger charge is -2.32. The molecule has 3 aromatic rings. The Labute approximate surface area is 241 Å². The number of hydrogen-bond donors (Lipinski definition) is 4. The summed E-state index contributed by atoms with van der Waals surface area (Å²) < 4.78 is 40.6. The fourth-order valence-corrected chi connectivity index (χ4v) is 6.73. The number of rotatable bonds is 11. The number of aliphatic carboxylic acids is 1. The smallest absolute Gasteiger partial charge is 0.303 e. The lowest BCUT2D eigenvalue weighted by atomic mass is 9.85. The molecule has 4 rings (SSSR count). The van der Waals surface area contributed by atoms with Crippen LogP contribution in [-0.4, -0.2) is 73.0 Å². The number of para-hydroxylation sites is 1. The minimum absolute atomic E-state index is 0.0257. The maximum Gasteiger partial charge on any atom is 0.303 e. The number of amides is 2. The molecule has 0 bridgehead atoms. The number of hydrogen-bond acceptors (Lipinski definition) is 7. The maximum absolute atomic E-state index is 14.0. The maximum atomic E-state index is 14.0. The van der Waals surface area contributed by atoms with E-state index in [1.54, 1.807) is 26.0 Å². The number of nitrogens with zero attached hydrogens (tertiary/aromatic N) is 1. The Balaban J connectivity index is 1.65. The molecule has 0 spiro atoms. The summed E-state index contributed by atoms with van der Waals surface area (Å²) in [5.74, 6) is -1.98. The number of primary amides is 1. The van der Waals surface area contributed by atoms with Crippen LogP contribution < -0.4 is 15.8 Å². The number of fused-ring (bicyclic) bond motifs is 1. The summed E-state index contributed by atoms with van der Waals surface area (Å²) in [5, 5.41) is 11.9. The van der Waals surface area contributed by atoms with Crippen LogP contribution >= 0.6 is 11.6 Å². The van der Waals surface area contributed by atoms with Gasteiger partial charge in [0, 0.05) is 29.9 Å². The van der Waals surface area contributed by atoms with E-state index in [1.165, 1.54) is 16.4 Å². The van der Waals surface area contributed by atoms with Gasteiger partial charge in [-0.25, -0.2) is 8.42 Å². The van der Waals surface area contributed by atoms with Crippen LogP contribution in [0.25, 0.3) is 10.9 Å². The molecule has 5 N–H and O–H groups in total. The van der Waals surface area contributed by atoms with E-state index in [1.807, 2.05) is 18.2 Å². The number of halogens is 1. The molecule has 41 heavy (non-hydrogen) atoms. The molecule has 220 valence electrons. The predicted molar refractivity (Wildman–Crippen MR) is 152 cm³/mol. The molecule has 2 heterocycles. The summed E-state index contributed by atoms with van der Waals surface area (Å²) in [7, 11) is -4.31. The van der Waals surface area contributed by atoms with Crippen LogP contribution in [-0.2, 0) is 24.3 Å². The number of aromatic amines is 1. The zero-order valence-corrected chi connectivity index (χ0v) is 24.0. The highest BCUT2D eigenvalue weighted by atomic mass is 35.5. The quantitative estimate of drug-likeness (QED) is 0.257. The number of benzene rings is 2. The van der Waals surface area contributed by atoms with Gasteiger partial charge in [0.25, 0.3) is 5.91 Å². The van der Waals surface area contributed by atoms with Crippen LogP contribution in [0.4, 0.5) is 5.69 Å². The molecule has 0 radical (unpaired) electrons. The number of carboxylic acid groups (broad SMARTS) is 1. The largest absolute Gasteiger partial charge is 0.491 e. The Kier molecular flexibility index (Phi) is 8.92. The van der Waals surface area contributed by atoms with E-state index in [4.69, 9.17) is 31.9 Å². The third-order valence-electron chi connectivity index (χ3n) is 6.49. The van der Waals surface area contributed by atoms with E-state index < -0.39 is 39.3 Å². The molecular formula is C27H31ClN4O8S. The van der Waals surface area contributed by atoms with E-state index in [-0.39, 0.29) is 71.3 Å². The molecule has 2 amide bonds. The van der Waals surface area contributed by atoms with Crippen molar-refractivity contribution in [2.45, 2.75) is 37.7 Å². The fourth-order valence-electron chi connectivity index (χ4n) is 4.72. The highest BCUT2D eigenvalue weighted by Crippen LogP contribution is 2.37. The van der Waals surface area contributed by atoms with Crippen molar-refractivity contribution in [2.24, 2.45) is 11.1 Å². The molecular weight excluding hydrogens is 576 g/mol. The van der Waals surface area contributed by atoms with Gasteiger partial charge in [-0.15, -0.1) is 0 Å². The van der Waals surface area contributed by atoms with Crippen LogP contribution in [0, 0.1) is 5.41 Å². The van der Waals surface area contributed by atoms with Gasteiger partial charge in [0.05, 0.1) is 24.2 Å². The lowest BCUT2D eigenvalue weighted by Crippen LogP contribution is -2.47. The molecule has 1 aliphatic heterocycles. The summed E-state index contributed by atoms with van der Waals surface area (Å²) in [6, 6.07) is 11.8. The van der Waals surface area contributed by atoms with Gasteiger partial charge >= 0.3 is 5.97 Å². The average Bonchev–Trinajstić information content (AvgIpc) is 3.28. The predicted octanol–water partition coefficient (Wildman–Crippen LogP) is 3.22. The number of carbonyl (C=O) groups excluding carboxylic acids is 2. The SMILES string of the molecule is CC(C)(CC(=O)O)CC(=O)Nc1cc(Cl)cc2c(S(=O)(=O)N3CCOC(COc4ccccc4)C3)c(C(N)=O)[nH]c12. The molecule has 1 fully saturated rings. The van der Waals surface area contributed by atoms with Crippen molar-refractivity contribution in [3.63, 3.8) is 0 Å². The second-order valence-electron chi connectivity index (χ2n) is 10.5. The summed E-state index contributed by atoms with van der Waals surface area (Å²) >= 11 is 6.32. The summed E-state index contributed by atoms with van der Waals surface area (Å²) in [6.45, 7) is 3.47. The first-order valence-electron chi connectivity index (χ1n) is 12.7. The van der Waals surface area contributed by atoms with E-state index in [0.29, 0.717) is 5.75 Å². The Hall–Kier alpha value is -3.65. The topological polar surface area (TPSA) is 181 Å². The first kappa shape index (κ1) is 30.3. The zero-order valence-electron chi connectivity index (χ0n) is 22.5. The lowest BCUT2D eigenvalue weighted by molar-refractivity contribution is -0.139. The molecule has 0 aliphatic carbocycles. The number of aromatic nitrogens is 1. The molecule has 1 unspecified atom stereocenters. The Morgan fingerprint density at radius 3 is 2.59 bits per heavy atom. The van der Waals surface area contributed by atoms with Crippen molar-refractivity contribution in [2.75, 3.05) is 31.6 Å². The number of morpholine rings is 1. The summed E-state index contributed by atoms with van der Waals surface area (Å²) in [6.07, 6.45) is -0.949. The Bertz CT molecular complexity index is 1570. The van der Waals surface area contributed by atoms with Gasteiger partial charge in [0.15, 0.2) is 0 Å². The summed E-state index contributed by atoms with van der Waals surface area (Å²) in [4.78, 5) is 38.8. The molecule has 1 saturated heterocycles. The van der Waals surface area contributed by atoms with Crippen LogP contribution in [0.5, 0.6) is 5.75 Å². The van der Waals surface area contributed by atoms with Gasteiger partial charge in [-0.05, 0) is 29.7 Å². The van der Waals surface area contributed by atoms with E-state index in [0.717, 1.165) is 0 Å². The minimum atomic E-state index is -4.31. The number of H-pyrrole nitrogens is 1.